The standard InChI is InChI=1S/C18H25NO4/c1-22-15-5-3-2-4-14(15)12-19-16(21)18(6-9-20)13-17(18)7-10-23-11-8-17/h2-5,20H,6-13H2,1H3,(H,19,21)/t18-/m1/s1. The van der Waals surface area contributed by atoms with Crippen LogP contribution in [0.1, 0.15) is 31.2 Å². The highest BCUT2D eigenvalue weighted by atomic mass is 16.5. The van der Waals surface area contributed by atoms with Gasteiger partial charge in [0, 0.05) is 31.9 Å². The van der Waals surface area contributed by atoms with E-state index in [9.17, 15) is 9.90 Å². The maximum atomic E-state index is 12.9. The second kappa shape index (κ2) is 6.49. The average molecular weight is 319 g/mol. The van der Waals surface area contributed by atoms with Gasteiger partial charge in [-0.3, -0.25) is 4.79 Å². The SMILES string of the molecule is COc1ccccc1CNC(=O)[C@@]1(CCO)CC12CCOCC2. The van der Waals surface area contributed by atoms with Crippen molar-refractivity contribution in [2.75, 3.05) is 26.9 Å². The topological polar surface area (TPSA) is 67.8 Å². The molecule has 1 aromatic carbocycles. The molecular formula is C18H25NO4. The lowest BCUT2D eigenvalue weighted by atomic mass is 9.83. The Bertz CT molecular complexity index is 568. The highest BCUT2D eigenvalue weighted by Crippen LogP contribution is 2.70. The van der Waals surface area contributed by atoms with Crippen molar-refractivity contribution < 1.29 is 19.4 Å². The predicted octanol–water partition coefficient (Wildman–Crippen LogP) is 1.88. The van der Waals surface area contributed by atoms with Gasteiger partial charge in [-0.25, -0.2) is 0 Å². The van der Waals surface area contributed by atoms with Gasteiger partial charge in [0.05, 0.1) is 12.5 Å². The van der Waals surface area contributed by atoms with E-state index in [0.717, 1.165) is 30.6 Å². The number of methoxy groups -OCH3 is 1. The van der Waals surface area contributed by atoms with Gasteiger partial charge in [0.1, 0.15) is 5.75 Å². The Morgan fingerprint density at radius 1 is 1.35 bits per heavy atom. The molecule has 1 saturated carbocycles. The molecule has 1 aliphatic carbocycles. The molecule has 1 amide bonds. The molecule has 1 heterocycles. The molecule has 1 aliphatic heterocycles. The zero-order chi connectivity index (χ0) is 16.3. The summed E-state index contributed by atoms with van der Waals surface area (Å²) in [6.45, 7) is 1.92. The van der Waals surface area contributed by atoms with Crippen LogP contribution >= 0.6 is 0 Å². The van der Waals surface area contributed by atoms with Gasteiger partial charge >= 0.3 is 0 Å². The van der Waals surface area contributed by atoms with Crippen LogP contribution in [0.15, 0.2) is 24.3 Å². The Kier molecular flexibility index (Phi) is 4.60. The third-order valence-electron chi connectivity index (χ3n) is 5.59. The second-order valence-electron chi connectivity index (χ2n) is 6.62. The van der Waals surface area contributed by atoms with Crippen LogP contribution in [0.25, 0.3) is 0 Å². The molecule has 3 rings (SSSR count). The molecule has 0 aromatic heterocycles. The minimum Gasteiger partial charge on any atom is -0.496 e. The number of aliphatic hydroxyl groups is 1. The fraction of sp³-hybridized carbons (Fsp3) is 0.611. The van der Waals surface area contributed by atoms with E-state index in [1.807, 2.05) is 24.3 Å². The minimum atomic E-state index is -0.423. The third kappa shape index (κ3) is 2.83. The minimum absolute atomic E-state index is 0.0266. The van der Waals surface area contributed by atoms with Crippen molar-refractivity contribution in [3.63, 3.8) is 0 Å². The quantitative estimate of drug-likeness (QED) is 0.840. The molecule has 0 unspecified atom stereocenters. The summed E-state index contributed by atoms with van der Waals surface area (Å²) in [6, 6.07) is 7.69. The van der Waals surface area contributed by atoms with Crippen molar-refractivity contribution in [1.82, 2.24) is 5.32 Å². The van der Waals surface area contributed by atoms with Crippen LogP contribution in [0.5, 0.6) is 5.75 Å². The van der Waals surface area contributed by atoms with E-state index in [-0.39, 0.29) is 17.9 Å². The molecule has 1 spiro atoms. The summed E-state index contributed by atoms with van der Waals surface area (Å²) in [5.74, 6) is 0.833. The number of hydrogen-bond donors (Lipinski definition) is 2. The van der Waals surface area contributed by atoms with E-state index >= 15 is 0 Å². The number of carbonyl (C=O) groups is 1. The number of hydrogen-bond acceptors (Lipinski definition) is 4. The number of carbonyl (C=O) groups excluding carboxylic acids is 1. The molecule has 2 aliphatic rings. The highest BCUT2D eigenvalue weighted by Gasteiger charge is 2.70. The zero-order valence-electron chi connectivity index (χ0n) is 13.6. The molecule has 5 heteroatoms. The van der Waals surface area contributed by atoms with Gasteiger partial charge < -0.3 is 19.9 Å². The lowest BCUT2D eigenvalue weighted by Crippen LogP contribution is -2.38. The molecular weight excluding hydrogens is 294 g/mol. The zero-order valence-corrected chi connectivity index (χ0v) is 13.6. The fourth-order valence-corrected chi connectivity index (χ4v) is 4.12. The normalized spacial score (nSPS) is 25.1. The molecule has 126 valence electrons. The number of amides is 1. The number of aliphatic hydroxyl groups excluding tert-OH is 1. The number of rotatable bonds is 6. The van der Waals surface area contributed by atoms with Crippen molar-refractivity contribution in [2.24, 2.45) is 10.8 Å². The van der Waals surface area contributed by atoms with Crippen LogP contribution in [0.2, 0.25) is 0 Å². The van der Waals surface area contributed by atoms with E-state index in [4.69, 9.17) is 9.47 Å². The van der Waals surface area contributed by atoms with Gasteiger partial charge in [0.2, 0.25) is 5.91 Å². The molecule has 2 fully saturated rings. The summed E-state index contributed by atoms with van der Waals surface area (Å²) in [6.07, 6.45) is 3.22. The van der Waals surface area contributed by atoms with Crippen molar-refractivity contribution in [1.29, 1.82) is 0 Å². The smallest absolute Gasteiger partial charge is 0.227 e. The summed E-state index contributed by atoms with van der Waals surface area (Å²) in [5, 5.41) is 12.5. The molecule has 0 bridgehead atoms. The maximum Gasteiger partial charge on any atom is 0.227 e. The molecule has 1 atom stereocenters. The molecule has 23 heavy (non-hydrogen) atoms. The van der Waals surface area contributed by atoms with Gasteiger partial charge in [-0.05, 0) is 37.2 Å². The van der Waals surface area contributed by atoms with Gasteiger partial charge in [-0.15, -0.1) is 0 Å². The Hall–Kier alpha value is -1.59. The van der Waals surface area contributed by atoms with Crippen LogP contribution in [0, 0.1) is 10.8 Å². The van der Waals surface area contributed by atoms with Crippen LogP contribution in [0.3, 0.4) is 0 Å². The number of para-hydroxylation sites is 1. The Morgan fingerprint density at radius 2 is 2.09 bits per heavy atom. The number of benzene rings is 1. The second-order valence-corrected chi connectivity index (χ2v) is 6.62. The number of nitrogens with one attached hydrogen (secondary N) is 1. The highest BCUT2D eigenvalue weighted by molar-refractivity contribution is 5.87. The predicted molar refractivity (Wildman–Crippen MR) is 86.1 cm³/mol. The van der Waals surface area contributed by atoms with Crippen LogP contribution < -0.4 is 10.1 Å². The maximum absolute atomic E-state index is 12.9. The summed E-state index contributed by atoms with van der Waals surface area (Å²) in [5.41, 5.74) is 0.566. The first kappa shape index (κ1) is 16.3. The summed E-state index contributed by atoms with van der Waals surface area (Å²) >= 11 is 0. The van der Waals surface area contributed by atoms with Gasteiger partial charge in [0.15, 0.2) is 0 Å². The van der Waals surface area contributed by atoms with Crippen molar-refractivity contribution >= 4 is 5.91 Å². The largest absolute Gasteiger partial charge is 0.496 e. The summed E-state index contributed by atoms with van der Waals surface area (Å²) in [4.78, 5) is 12.9. The molecule has 5 nitrogen and oxygen atoms in total. The summed E-state index contributed by atoms with van der Waals surface area (Å²) in [7, 11) is 1.63. The van der Waals surface area contributed by atoms with E-state index in [1.165, 1.54) is 0 Å². The van der Waals surface area contributed by atoms with Gasteiger partial charge in [0.25, 0.3) is 0 Å². The first-order chi connectivity index (χ1) is 11.2. The Morgan fingerprint density at radius 3 is 2.78 bits per heavy atom. The van der Waals surface area contributed by atoms with Crippen LogP contribution in [0.4, 0.5) is 0 Å². The van der Waals surface area contributed by atoms with E-state index in [2.05, 4.69) is 5.32 Å². The van der Waals surface area contributed by atoms with Crippen molar-refractivity contribution in [3.8, 4) is 5.75 Å². The van der Waals surface area contributed by atoms with Gasteiger partial charge in [-0.1, -0.05) is 18.2 Å². The van der Waals surface area contributed by atoms with Crippen molar-refractivity contribution in [2.45, 2.75) is 32.2 Å². The van der Waals surface area contributed by atoms with Crippen LogP contribution in [-0.4, -0.2) is 37.9 Å². The molecule has 1 aromatic rings. The van der Waals surface area contributed by atoms with E-state index in [1.54, 1.807) is 7.11 Å². The van der Waals surface area contributed by atoms with E-state index < -0.39 is 5.41 Å². The summed E-state index contributed by atoms with van der Waals surface area (Å²) < 4.78 is 10.8. The monoisotopic (exact) mass is 319 g/mol. The molecule has 1 saturated heterocycles. The van der Waals surface area contributed by atoms with E-state index in [0.29, 0.717) is 26.2 Å². The van der Waals surface area contributed by atoms with Crippen LogP contribution in [-0.2, 0) is 16.1 Å². The van der Waals surface area contributed by atoms with Crippen molar-refractivity contribution in [3.05, 3.63) is 29.8 Å². The molecule has 0 radical (unpaired) electrons. The number of ether oxygens (including phenoxy) is 2. The Balaban J connectivity index is 1.68. The molecule has 2 N–H and O–H groups in total. The average Bonchev–Trinajstić information content (AvgIpc) is 3.20. The first-order valence-corrected chi connectivity index (χ1v) is 8.26. The first-order valence-electron chi connectivity index (χ1n) is 8.26. The van der Waals surface area contributed by atoms with Gasteiger partial charge in [-0.2, -0.15) is 0 Å². The fourth-order valence-electron chi connectivity index (χ4n) is 4.12. The third-order valence-corrected chi connectivity index (χ3v) is 5.59. The Labute approximate surface area is 137 Å². The lowest BCUT2D eigenvalue weighted by Gasteiger charge is -2.28. The lowest BCUT2D eigenvalue weighted by molar-refractivity contribution is -0.129.